The van der Waals surface area contributed by atoms with Crippen LogP contribution in [0.4, 0.5) is 0 Å². The van der Waals surface area contributed by atoms with Gasteiger partial charge in [0.25, 0.3) is 0 Å². The standard InChI is InChI=1S/C20H42N4O3.HI/c1-5-18(6-2)19(24-10-13-27-14-11-24)17-23-20(21-3)22-9-7-8-12-26-16-15-25-4;/h18-19H,5-17H2,1-4H3,(H2,21,22,23);1H. The third-order valence-corrected chi connectivity index (χ3v) is 5.25. The molecule has 1 fully saturated rings. The summed E-state index contributed by atoms with van der Waals surface area (Å²) >= 11 is 0. The summed E-state index contributed by atoms with van der Waals surface area (Å²) in [6.07, 6.45) is 4.51. The molecule has 0 bridgehead atoms. The minimum atomic E-state index is 0. The highest BCUT2D eigenvalue weighted by atomic mass is 127. The van der Waals surface area contributed by atoms with E-state index in [4.69, 9.17) is 14.2 Å². The molecule has 8 heteroatoms. The second kappa shape index (κ2) is 18.8. The highest BCUT2D eigenvalue weighted by Gasteiger charge is 2.26. The van der Waals surface area contributed by atoms with Gasteiger partial charge in [-0.2, -0.15) is 0 Å². The number of guanidine groups is 1. The average Bonchev–Trinajstić information content (AvgIpc) is 2.72. The molecular weight excluding hydrogens is 471 g/mol. The van der Waals surface area contributed by atoms with E-state index in [9.17, 15) is 0 Å². The Balaban J connectivity index is 0.00000729. The fourth-order valence-corrected chi connectivity index (χ4v) is 3.54. The zero-order chi connectivity index (χ0) is 19.7. The maximum absolute atomic E-state index is 5.54. The molecule has 1 saturated heterocycles. The van der Waals surface area contributed by atoms with Crippen LogP contribution in [0.5, 0.6) is 0 Å². The number of methoxy groups -OCH3 is 1. The zero-order valence-corrected chi connectivity index (χ0v) is 20.7. The third kappa shape index (κ3) is 11.7. The Bertz CT molecular complexity index is 378. The number of unbranched alkanes of at least 4 members (excludes halogenated alkanes) is 1. The van der Waals surface area contributed by atoms with Crippen molar-refractivity contribution in [3.63, 3.8) is 0 Å². The van der Waals surface area contributed by atoms with Crippen LogP contribution in [0, 0.1) is 5.92 Å². The van der Waals surface area contributed by atoms with E-state index in [2.05, 4.69) is 34.4 Å². The highest BCUT2D eigenvalue weighted by Crippen LogP contribution is 2.19. The predicted octanol–water partition coefficient (Wildman–Crippen LogP) is 2.35. The largest absolute Gasteiger partial charge is 0.382 e. The molecule has 1 aliphatic rings. The van der Waals surface area contributed by atoms with E-state index in [0.717, 1.165) is 64.8 Å². The molecular formula is C20H43IN4O3. The molecule has 0 amide bonds. The number of ether oxygens (including phenoxy) is 3. The van der Waals surface area contributed by atoms with Crippen molar-refractivity contribution in [3.8, 4) is 0 Å². The van der Waals surface area contributed by atoms with Gasteiger partial charge in [-0.25, -0.2) is 0 Å². The summed E-state index contributed by atoms with van der Waals surface area (Å²) in [5.74, 6) is 1.58. The lowest BCUT2D eigenvalue weighted by Crippen LogP contribution is -2.53. The molecule has 7 nitrogen and oxygen atoms in total. The second-order valence-electron chi connectivity index (χ2n) is 6.98. The first-order valence-electron chi connectivity index (χ1n) is 10.6. The Morgan fingerprint density at radius 1 is 1.07 bits per heavy atom. The molecule has 2 N–H and O–H groups in total. The van der Waals surface area contributed by atoms with Crippen molar-refractivity contribution in [2.24, 2.45) is 10.9 Å². The normalized spacial score (nSPS) is 16.7. The zero-order valence-electron chi connectivity index (χ0n) is 18.4. The fourth-order valence-electron chi connectivity index (χ4n) is 3.54. The van der Waals surface area contributed by atoms with Gasteiger partial charge in [-0.05, 0) is 18.8 Å². The first-order valence-corrected chi connectivity index (χ1v) is 10.6. The summed E-state index contributed by atoms with van der Waals surface area (Å²) in [6.45, 7) is 12.3. The van der Waals surface area contributed by atoms with Crippen molar-refractivity contribution in [1.82, 2.24) is 15.5 Å². The topological polar surface area (TPSA) is 67.4 Å². The highest BCUT2D eigenvalue weighted by molar-refractivity contribution is 14.0. The molecule has 1 heterocycles. The minimum absolute atomic E-state index is 0. The van der Waals surface area contributed by atoms with Gasteiger partial charge in [0.05, 0.1) is 26.4 Å². The van der Waals surface area contributed by atoms with Crippen LogP contribution >= 0.6 is 24.0 Å². The quantitative estimate of drug-likeness (QED) is 0.161. The van der Waals surface area contributed by atoms with Gasteiger partial charge in [0.15, 0.2) is 5.96 Å². The number of hydrogen-bond donors (Lipinski definition) is 2. The number of hydrogen-bond acceptors (Lipinski definition) is 5. The van der Waals surface area contributed by atoms with Gasteiger partial charge in [0.2, 0.25) is 0 Å². The van der Waals surface area contributed by atoms with E-state index in [1.165, 1.54) is 12.8 Å². The smallest absolute Gasteiger partial charge is 0.191 e. The molecule has 0 aromatic heterocycles. The van der Waals surface area contributed by atoms with Crippen LogP contribution in [0.1, 0.15) is 39.5 Å². The molecule has 0 spiro atoms. The minimum Gasteiger partial charge on any atom is -0.382 e. The molecule has 0 aromatic rings. The van der Waals surface area contributed by atoms with Gasteiger partial charge in [-0.3, -0.25) is 9.89 Å². The van der Waals surface area contributed by atoms with Crippen LogP contribution in [0.2, 0.25) is 0 Å². The molecule has 28 heavy (non-hydrogen) atoms. The first-order chi connectivity index (χ1) is 13.3. The molecule has 0 saturated carbocycles. The molecule has 1 aliphatic heterocycles. The Morgan fingerprint density at radius 2 is 1.79 bits per heavy atom. The Kier molecular flexibility index (Phi) is 18.7. The Morgan fingerprint density at radius 3 is 2.39 bits per heavy atom. The van der Waals surface area contributed by atoms with Crippen molar-refractivity contribution in [3.05, 3.63) is 0 Å². The third-order valence-electron chi connectivity index (χ3n) is 5.25. The monoisotopic (exact) mass is 514 g/mol. The molecule has 1 unspecified atom stereocenters. The lowest BCUT2D eigenvalue weighted by atomic mass is 9.92. The second-order valence-corrected chi connectivity index (χ2v) is 6.98. The van der Waals surface area contributed by atoms with Gasteiger partial charge < -0.3 is 24.8 Å². The summed E-state index contributed by atoms with van der Waals surface area (Å²) in [4.78, 5) is 6.96. The van der Waals surface area contributed by atoms with Gasteiger partial charge in [-0.15, -0.1) is 24.0 Å². The Labute approximate surface area is 189 Å². The summed E-state index contributed by atoms with van der Waals surface area (Å²) in [6, 6.07) is 0.525. The number of aliphatic imine (C=N–C) groups is 1. The predicted molar refractivity (Wildman–Crippen MR) is 127 cm³/mol. The van der Waals surface area contributed by atoms with Crippen LogP contribution < -0.4 is 10.6 Å². The van der Waals surface area contributed by atoms with Crippen LogP contribution in [0.15, 0.2) is 4.99 Å². The van der Waals surface area contributed by atoms with Crippen molar-refractivity contribution in [1.29, 1.82) is 0 Å². The maximum Gasteiger partial charge on any atom is 0.191 e. The van der Waals surface area contributed by atoms with Gasteiger partial charge in [0, 0.05) is 53.0 Å². The molecule has 0 radical (unpaired) electrons. The summed E-state index contributed by atoms with van der Waals surface area (Å²) in [7, 11) is 3.53. The van der Waals surface area contributed by atoms with E-state index >= 15 is 0 Å². The summed E-state index contributed by atoms with van der Waals surface area (Å²) in [5, 5.41) is 6.96. The summed E-state index contributed by atoms with van der Waals surface area (Å²) < 4.78 is 16.0. The van der Waals surface area contributed by atoms with Crippen molar-refractivity contribution < 1.29 is 14.2 Å². The van der Waals surface area contributed by atoms with Crippen LogP contribution in [0.25, 0.3) is 0 Å². The van der Waals surface area contributed by atoms with Crippen molar-refractivity contribution in [2.45, 2.75) is 45.6 Å². The van der Waals surface area contributed by atoms with Crippen molar-refractivity contribution in [2.75, 3.05) is 73.4 Å². The van der Waals surface area contributed by atoms with Crippen LogP contribution in [-0.2, 0) is 14.2 Å². The Hall–Kier alpha value is -0.160. The molecule has 0 aliphatic carbocycles. The van der Waals surface area contributed by atoms with Crippen LogP contribution in [0.3, 0.4) is 0 Å². The fraction of sp³-hybridized carbons (Fsp3) is 0.950. The number of halogens is 1. The molecule has 168 valence electrons. The van der Waals surface area contributed by atoms with E-state index in [1.807, 2.05) is 7.05 Å². The maximum atomic E-state index is 5.54. The van der Waals surface area contributed by atoms with E-state index in [1.54, 1.807) is 7.11 Å². The molecule has 0 aromatic carbocycles. The average molecular weight is 514 g/mol. The lowest BCUT2D eigenvalue weighted by Gasteiger charge is -2.39. The number of morpholine rings is 1. The van der Waals surface area contributed by atoms with E-state index < -0.39 is 0 Å². The lowest BCUT2D eigenvalue weighted by molar-refractivity contribution is 0.00272. The van der Waals surface area contributed by atoms with Gasteiger partial charge in [-0.1, -0.05) is 26.7 Å². The molecule has 1 atom stereocenters. The summed E-state index contributed by atoms with van der Waals surface area (Å²) in [5.41, 5.74) is 0. The van der Waals surface area contributed by atoms with Crippen LogP contribution in [-0.4, -0.2) is 90.3 Å². The SMILES string of the molecule is CCC(CC)C(CNC(=NC)NCCCCOCCOC)N1CCOCC1.I. The number of rotatable bonds is 14. The number of nitrogens with one attached hydrogen (secondary N) is 2. The molecule has 1 rings (SSSR count). The van der Waals surface area contributed by atoms with E-state index in [-0.39, 0.29) is 24.0 Å². The van der Waals surface area contributed by atoms with Crippen molar-refractivity contribution >= 4 is 29.9 Å². The number of nitrogens with zero attached hydrogens (tertiary/aromatic N) is 2. The first kappa shape index (κ1) is 27.8. The van der Waals surface area contributed by atoms with Gasteiger partial charge in [0.1, 0.15) is 0 Å². The van der Waals surface area contributed by atoms with Gasteiger partial charge >= 0.3 is 0 Å². The van der Waals surface area contributed by atoms with E-state index in [0.29, 0.717) is 25.2 Å².